The number of nitro benzene ring substituents is 1. The molecule has 1 aliphatic heterocycles. The maximum Gasteiger partial charge on any atom is 0.269 e. The highest BCUT2D eigenvalue weighted by Crippen LogP contribution is 2.21. The van der Waals surface area contributed by atoms with E-state index in [0.29, 0.717) is 30.4 Å². The van der Waals surface area contributed by atoms with Crippen LogP contribution < -0.4 is 15.5 Å². The number of anilines is 4. The van der Waals surface area contributed by atoms with Crippen molar-refractivity contribution in [1.29, 1.82) is 0 Å². The predicted molar refractivity (Wildman–Crippen MR) is 121 cm³/mol. The minimum atomic E-state index is -0.505. The second-order valence-electron chi connectivity index (χ2n) is 7.25. The molecule has 2 aromatic carbocycles. The molecule has 1 saturated heterocycles. The fourth-order valence-electron chi connectivity index (χ4n) is 3.27. The lowest BCUT2D eigenvalue weighted by atomic mass is 10.2. The van der Waals surface area contributed by atoms with Crippen LogP contribution >= 0.6 is 0 Å². The summed E-state index contributed by atoms with van der Waals surface area (Å²) in [5.74, 6) is 1.00. The molecule has 10 nitrogen and oxygen atoms in total. The number of amides is 1. The number of morpholine rings is 1. The molecular weight excluding hydrogens is 412 g/mol. The molecular formula is C22H22N6O4. The highest BCUT2D eigenvalue weighted by atomic mass is 16.6. The molecule has 0 bridgehead atoms. The van der Waals surface area contributed by atoms with E-state index >= 15 is 0 Å². The molecule has 0 atom stereocenters. The number of hydrogen-bond donors (Lipinski definition) is 2. The molecule has 0 spiro atoms. The predicted octanol–water partition coefficient (Wildman–Crippen LogP) is 3.53. The molecule has 0 unspecified atom stereocenters. The number of non-ortho nitro benzene ring substituents is 1. The summed E-state index contributed by atoms with van der Waals surface area (Å²) in [4.78, 5) is 33.8. The van der Waals surface area contributed by atoms with Crippen molar-refractivity contribution < 1.29 is 14.5 Å². The third-order valence-electron chi connectivity index (χ3n) is 4.91. The fraction of sp³-hybridized carbons (Fsp3) is 0.227. The number of nitro groups is 1. The van der Waals surface area contributed by atoms with Gasteiger partial charge in [0.15, 0.2) is 0 Å². The van der Waals surface area contributed by atoms with Gasteiger partial charge in [0.05, 0.1) is 18.1 Å². The summed E-state index contributed by atoms with van der Waals surface area (Å²) >= 11 is 0. The van der Waals surface area contributed by atoms with Crippen LogP contribution in [0.3, 0.4) is 0 Å². The molecule has 1 aliphatic rings. The Morgan fingerprint density at radius 3 is 2.34 bits per heavy atom. The first-order chi connectivity index (χ1) is 15.5. The highest BCUT2D eigenvalue weighted by Gasteiger charge is 2.14. The van der Waals surface area contributed by atoms with Crippen LogP contribution in [0.1, 0.15) is 16.1 Å². The molecule has 2 N–H and O–H groups in total. The van der Waals surface area contributed by atoms with Gasteiger partial charge in [-0.25, -0.2) is 4.98 Å². The number of carbonyl (C=O) groups is 1. The lowest BCUT2D eigenvalue weighted by molar-refractivity contribution is -0.384. The minimum absolute atomic E-state index is 0.0628. The van der Waals surface area contributed by atoms with Crippen LogP contribution in [0.15, 0.2) is 54.6 Å². The first kappa shape index (κ1) is 21.2. The summed E-state index contributed by atoms with van der Waals surface area (Å²) in [7, 11) is 0. The zero-order valence-corrected chi connectivity index (χ0v) is 17.4. The topological polar surface area (TPSA) is 123 Å². The summed E-state index contributed by atoms with van der Waals surface area (Å²) in [5.41, 5.74) is 2.50. The van der Waals surface area contributed by atoms with Gasteiger partial charge in [0.1, 0.15) is 5.82 Å². The van der Waals surface area contributed by atoms with Crippen LogP contribution in [0, 0.1) is 17.0 Å². The SMILES string of the molecule is Cc1cc(N2CCOCC2)nc(Nc2ccc(NC(=O)c3ccc([N+](=O)[O-])cc3)cc2)n1. The van der Waals surface area contributed by atoms with Gasteiger partial charge >= 0.3 is 0 Å². The molecule has 3 aromatic rings. The summed E-state index contributed by atoms with van der Waals surface area (Å²) < 4.78 is 5.40. The van der Waals surface area contributed by atoms with Gasteiger partial charge in [-0.15, -0.1) is 0 Å². The third-order valence-corrected chi connectivity index (χ3v) is 4.91. The van der Waals surface area contributed by atoms with E-state index in [1.165, 1.54) is 24.3 Å². The number of benzene rings is 2. The second kappa shape index (κ2) is 9.40. The molecule has 1 fully saturated rings. The van der Waals surface area contributed by atoms with Gasteiger partial charge < -0.3 is 20.3 Å². The standard InChI is InChI=1S/C22H22N6O4/c1-15-14-20(27-10-12-32-13-11-27)26-22(23-15)25-18-6-4-17(5-7-18)24-21(29)16-2-8-19(9-3-16)28(30)31/h2-9,14H,10-13H2,1H3,(H,24,29)(H,23,25,26). The number of hydrogen-bond acceptors (Lipinski definition) is 8. The number of rotatable bonds is 6. The molecule has 0 aliphatic carbocycles. The molecule has 0 radical (unpaired) electrons. The Labute approximate surface area is 184 Å². The van der Waals surface area contributed by atoms with Crippen LogP contribution in [0.25, 0.3) is 0 Å². The largest absolute Gasteiger partial charge is 0.378 e. The fourth-order valence-corrected chi connectivity index (χ4v) is 3.27. The third kappa shape index (κ3) is 5.16. The van der Waals surface area contributed by atoms with Crippen molar-refractivity contribution in [2.45, 2.75) is 6.92 Å². The highest BCUT2D eigenvalue weighted by molar-refractivity contribution is 6.04. The van der Waals surface area contributed by atoms with E-state index < -0.39 is 4.92 Å². The van der Waals surface area contributed by atoms with E-state index in [-0.39, 0.29) is 11.6 Å². The summed E-state index contributed by atoms with van der Waals surface area (Å²) in [6, 6.07) is 14.5. The summed E-state index contributed by atoms with van der Waals surface area (Å²) in [6.45, 7) is 4.86. The molecule has 4 rings (SSSR count). The number of carbonyl (C=O) groups excluding carboxylic acids is 1. The van der Waals surface area contributed by atoms with Gasteiger partial charge in [-0.2, -0.15) is 4.98 Å². The van der Waals surface area contributed by atoms with Crippen molar-refractivity contribution in [3.8, 4) is 0 Å². The molecule has 10 heteroatoms. The first-order valence-electron chi connectivity index (χ1n) is 10.1. The molecule has 1 amide bonds. The van der Waals surface area contributed by atoms with Gasteiger partial charge in [-0.3, -0.25) is 14.9 Å². The maximum atomic E-state index is 12.4. The average molecular weight is 434 g/mol. The Hall–Kier alpha value is -4.05. The lowest BCUT2D eigenvalue weighted by Gasteiger charge is -2.28. The van der Waals surface area contributed by atoms with E-state index in [2.05, 4.69) is 25.5 Å². The number of nitrogens with zero attached hydrogens (tertiary/aromatic N) is 4. The Morgan fingerprint density at radius 1 is 1.03 bits per heavy atom. The van der Waals surface area contributed by atoms with Crippen molar-refractivity contribution in [2.75, 3.05) is 41.8 Å². The van der Waals surface area contributed by atoms with Crippen LogP contribution in [-0.2, 0) is 4.74 Å². The van der Waals surface area contributed by atoms with Crippen LogP contribution in [0.4, 0.5) is 28.8 Å². The molecule has 164 valence electrons. The van der Waals surface area contributed by atoms with Crippen molar-refractivity contribution in [1.82, 2.24) is 9.97 Å². The monoisotopic (exact) mass is 434 g/mol. The number of ether oxygens (including phenoxy) is 1. The number of aryl methyl sites for hydroxylation is 1. The average Bonchev–Trinajstić information content (AvgIpc) is 2.80. The lowest BCUT2D eigenvalue weighted by Crippen LogP contribution is -2.36. The number of aromatic nitrogens is 2. The van der Waals surface area contributed by atoms with Crippen LogP contribution in [0.5, 0.6) is 0 Å². The van der Waals surface area contributed by atoms with Crippen molar-refractivity contribution >= 4 is 34.7 Å². The van der Waals surface area contributed by atoms with Gasteiger partial charge in [-0.1, -0.05) is 0 Å². The van der Waals surface area contributed by atoms with Gasteiger partial charge in [0, 0.05) is 53.9 Å². The Kier molecular flexibility index (Phi) is 6.22. The quantitative estimate of drug-likeness (QED) is 0.446. The normalized spacial score (nSPS) is 13.5. The van der Waals surface area contributed by atoms with E-state index in [0.717, 1.165) is 30.3 Å². The molecule has 2 heterocycles. The Morgan fingerprint density at radius 2 is 1.69 bits per heavy atom. The number of nitrogens with one attached hydrogen (secondary N) is 2. The second-order valence-corrected chi connectivity index (χ2v) is 7.25. The zero-order chi connectivity index (χ0) is 22.5. The Bertz CT molecular complexity index is 1110. The molecule has 1 aromatic heterocycles. The van der Waals surface area contributed by atoms with E-state index in [1.807, 2.05) is 25.1 Å². The van der Waals surface area contributed by atoms with Gasteiger partial charge in [-0.05, 0) is 43.3 Å². The van der Waals surface area contributed by atoms with Crippen molar-refractivity contribution in [3.05, 3.63) is 76.0 Å². The van der Waals surface area contributed by atoms with Gasteiger partial charge in [0.2, 0.25) is 5.95 Å². The maximum absolute atomic E-state index is 12.4. The van der Waals surface area contributed by atoms with E-state index in [9.17, 15) is 14.9 Å². The summed E-state index contributed by atoms with van der Waals surface area (Å²) in [5, 5.41) is 16.7. The van der Waals surface area contributed by atoms with Crippen LogP contribution in [-0.4, -0.2) is 47.1 Å². The molecule has 0 saturated carbocycles. The smallest absolute Gasteiger partial charge is 0.269 e. The van der Waals surface area contributed by atoms with Crippen molar-refractivity contribution in [2.24, 2.45) is 0 Å². The van der Waals surface area contributed by atoms with Crippen LogP contribution in [0.2, 0.25) is 0 Å². The molecule has 32 heavy (non-hydrogen) atoms. The zero-order valence-electron chi connectivity index (χ0n) is 17.4. The first-order valence-corrected chi connectivity index (χ1v) is 10.1. The summed E-state index contributed by atoms with van der Waals surface area (Å²) in [6.07, 6.45) is 0. The van der Waals surface area contributed by atoms with E-state index in [1.54, 1.807) is 12.1 Å². The van der Waals surface area contributed by atoms with E-state index in [4.69, 9.17) is 4.74 Å². The Balaban J connectivity index is 1.41. The minimum Gasteiger partial charge on any atom is -0.378 e. The van der Waals surface area contributed by atoms with Crippen molar-refractivity contribution in [3.63, 3.8) is 0 Å². The van der Waals surface area contributed by atoms with Gasteiger partial charge in [0.25, 0.3) is 11.6 Å².